The number of allylic oxidation sites excluding steroid dienone is 2. The van der Waals surface area contributed by atoms with Crippen LogP contribution < -0.4 is 0 Å². The smallest absolute Gasteiger partial charge is 0.333 e. The molecule has 0 amide bonds. The minimum atomic E-state index is -2.27. The molecule has 0 radical (unpaired) electrons. The van der Waals surface area contributed by atoms with Crippen molar-refractivity contribution >= 4 is 17.7 Å². The zero-order valence-electron chi connectivity index (χ0n) is 24.2. The van der Waals surface area contributed by atoms with E-state index < -0.39 is 58.0 Å². The molecule has 0 aromatic rings. The van der Waals surface area contributed by atoms with Crippen LogP contribution in [0, 0.1) is 28.6 Å². The highest BCUT2D eigenvalue weighted by atomic mass is 16.6. The third-order valence-corrected chi connectivity index (χ3v) is 10.3. The van der Waals surface area contributed by atoms with E-state index in [-0.39, 0.29) is 30.4 Å². The molecule has 3 N–H and O–H groups in total. The third kappa shape index (κ3) is 4.00. The van der Waals surface area contributed by atoms with Gasteiger partial charge in [0.15, 0.2) is 5.78 Å². The fourth-order valence-corrected chi connectivity index (χ4v) is 7.87. The summed E-state index contributed by atoms with van der Waals surface area (Å²) in [5.41, 5.74) is -4.47. The highest BCUT2D eigenvalue weighted by molar-refractivity contribution is 5.96. The van der Waals surface area contributed by atoms with E-state index in [0.717, 1.165) is 19.3 Å². The lowest BCUT2D eigenvalue weighted by Gasteiger charge is -2.48. The van der Waals surface area contributed by atoms with Gasteiger partial charge in [-0.2, -0.15) is 0 Å². The number of hydrogen-bond donors (Lipinski definition) is 3. The largest absolute Gasteiger partial charge is 0.458 e. The Bertz CT molecular complexity index is 1150. The van der Waals surface area contributed by atoms with Gasteiger partial charge in [0.05, 0.1) is 5.41 Å². The summed E-state index contributed by atoms with van der Waals surface area (Å²) in [6, 6.07) is 0. The van der Waals surface area contributed by atoms with Crippen LogP contribution in [0.2, 0.25) is 0 Å². The monoisotopic (exact) mass is 544 g/mol. The molecule has 0 heterocycles. The van der Waals surface area contributed by atoms with Gasteiger partial charge in [-0.25, -0.2) is 4.79 Å². The average Bonchev–Trinajstić information content (AvgIpc) is 3.29. The maximum Gasteiger partial charge on any atom is 0.333 e. The topological polar surface area (TPSA) is 130 Å². The summed E-state index contributed by atoms with van der Waals surface area (Å²) in [6.07, 6.45) is 4.84. The first kappa shape index (κ1) is 29.7. The van der Waals surface area contributed by atoms with E-state index in [0.29, 0.717) is 17.6 Å². The number of rotatable bonds is 8. The number of carbonyl (C=O) groups excluding carboxylic acids is 3. The van der Waals surface area contributed by atoms with Crippen molar-refractivity contribution < 1.29 is 39.2 Å². The number of esters is 2. The molecule has 0 aromatic heterocycles. The molecule has 2 saturated carbocycles. The Morgan fingerprint density at radius 1 is 1.18 bits per heavy atom. The van der Waals surface area contributed by atoms with Crippen molar-refractivity contribution in [2.24, 2.45) is 28.6 Å². The van der Waals surface area contributed by atoms with Crippen LogP contribution in [0.4, 0.5) is 0 Å². The van der Waals surface area contributed by atoms with Crippen LogP contribution in [0.3, 0.4) is 0 Å². The van der Waals surface area contributed by atoms with E-state index in [1.807, 2.05) is 20.8 Å². The van der Waals surface area contributed by atoms with Crippen LogP contribution in [0.15, 0.2) is 34.9 Å². The van der Waals surface area contributed by atoms with Crippen LogP contribution in [0.1, 0.15) is 80.6 Å². The number of aliphatic hydroxyl groups excluding tert-OH is 2. The molecule has 8 atom stereocenters. The lowest BCUT2D eigenvalue weighted by molar-refractivity contribution is -0.192. The Morgan fingerprint density at radius 2 is 1.85 bits per heavy atom. The van der Waals surface area contributed by atoms with E-state index in [1.165, 1.54) is 0 Å². The second kappa shape index (κ2) is 9.96. The zero-order valence-corrected chi connectivity index (χ0v) is 24.2. The van der Waals surface area contributed by atoms with Crippen LogP contribution in [-0.2, 0) is 23.9 Å². The number of Topliss-reactive ketones (excluding diaryl/α,β-unsaturated/α-hetero) is 1. The number of aliphatic hydroxyl groups is 3. The lowest BCUT2D eigenvalue weighted by Crippen LogP contribution is -2.65. The molecule has 1 spiro atoms. The normalized spacial score (nSPS) is 40.4. The molecule has 39 heavy (non-hydrogen) atoms. The molecule has 4 aliphatic carbocycles. The highest BCUT2D eigenvalue weighted by Gasteiger charge is 2.83. The molecular formula is C31H44O8. The second-order valence-electron chi connectivity index (χ2n) is 12.7. The molecule has 8 heteroatoms. The quantitative estimate of drug-likeness (QED) is 0.183. The van der Waals surface area contributed by atoms with Gasteiger partial charge >= 0.3 is 11.9 Å². The molecule has 216 valence electrons. The SMILES string of the molecule is C/C=C(/C)C(=O)OCC1=C[C@@H]2C(=O)C3(C=C(C)[C@H](O)[C@@]3(O)[C@@H]1O)C(C)C[C@]1(OC(=O)CCCCC)[C@H]2C1(C)C. The third-order valence-electron chi connectivity index (χ3n) is 10.3. The summed E-state index contributed by atoms with van der Waals surface area (Å²) in [7, 11) is 0. The van der Waals surface area contributed by atoms with Gasteiger partial charge < -0.3 is 24.8 Å². The van der Waals surface area contributed by atoms with Crippen molar-refractivity contribution in [2.45, 2.75) is 104 Å². The van der Waals surface area contributed by atoms with Gasteiger partial charge in [0, 0.05) is 29.2 Å². The average molecular weight is 545 g/mol. The van der Waals surface area contributed by atoms with E-state index in [9.17, 15) is 29.7 Å². The minimum Gasteiger partial charge on any atom is -0.458 e. The van der Waals surface area contributed by atoms with Gasteiger partial charge in [-0.05, 0) is 50.7 Å². The van der Waals surface area contributed by atoms with Gasteiger partial charge in [-0.3, -0.25) is 9.59 Å². The summed E-state index contributed by atoms with van der Waals surface area (Å²) < 4.78 is 11.7. The van der Waals surface area contributed by atoms with Crippen LogP contribution in [-0.4, -0.2) is 63.1 Å². The van der Waals surface area contributed by atoms with Crippen molar-refractivity contribution in [1.29, 1.82) is 0 Å². The van der Waals surface area contributed by atoms with Crippen LogP contribution in [0.5, 0.6) is 0 Å². The van der Waals surface area contributed by atoms with Crippen molar-refractivity contribution in [3.63, 3.8) is 0 Å². The molecular weight excluding hydrogens is 500 g/mol. The Hall–Kier alpha value is -2.29. The first-order valence-corrected chi connectivity index (χ1v) is 14.2. The summed E-state index contributed by atoms with van der Waals surface area (Å²) >= 11 is 0. The summed E-state index contributed by atoms with van der Waals surface area (Å²) in [6.45, 7) is 12.4. The van der Waals surface area contributed by atoms with Gasteiger partial charge in [0.25, 0.3) is 0 Å². The Kier molecular flexibility index (Phi) is 7.58. The number of unbranched alkanes of at least 4 members (excludes halogenated alkanes) is 2. The Balaban J connectivity index is 1.82. The Morgan fingerprint density at radius 3 is 2.46 bits per heavy atom. The number of ether oxygens (including phenoxy) is 2. The Labute approximate surface area is 231 Å². The van der Waals surface area contributed by atoms with Crippen molar-refractivity contribution in [3.05, 3.63) is 34.9 Å². The molecule has 2 unspecified atom stereocenters. The predicted molar refractivity (Wildman–Crippen MR) is 144 cm³/mol. The van der Waals surface area contributed by atoms with E-state index in [2.05, 4.69) is 6.92 Å². The fourth-order valence-electron chi connectivity index (χ4n) is 7.87. The number of carbonyl (C=O) groups is 3. The molecule has 0 aromatic carbocycles. The molecule has 4 aliphatic rings. The minimum absolute atomic E-state index is 0.150. The van der Waals surface area contributed by atoms with E-state index in [1.54, 1.807) is 39.0 Å². The maximum atomic E-state index is 14.6. The molecule has 4 rings (SSSR count). The summed E-state index contributed by atoms with van der Waals surface area (Å²) in [5.74, 6) is -3.02. The van der Waals surface area contributed by atoms with Gasteiger partial charge in [-0.15, -0.1) is 0 Å². The summed E-state index contributed by atoms with van der Waals surface area (Å²) in [4.78, 5) is 40.0. The predicted octanol–water partition coefficient (Wildman–Crippen LogP) is 3.58. The molecule has 2 bridgehead atoms. The first-order valence-electron chi connectivity index (χ1n) is 14.2. The van der Waals surface area contributed by atoms with Crippen molar-refractivity contribution in [2.75, 3.05) is 6.61 Å². The van der Waals surface area contributed by atoms with Gasteiger partial charge in [0.1, 0.15) is 30.0 Å². The molecule has 8 nitrogen and oxygen atoms in total. The standard InChI is InChI=1S/C31H44O8/c1-8-10-11-12-22(32)39-30-15-19(5)29-14-18(4)24(33)31(29,37)25(34)20(16-38-27(36)17(3)9-2)13-21(26(29)35)23(30)28(30,6)7/h9,13-14,19,21,23-25,33-34,37H,8,10-12,15-16H2,1-7H3/b17-9-/t19?,21-,23+,24-,25+,29?,30-,31+/m0/s1. The molecule has 0 saturated heterocycles. The second-order valence-corrected chi connectivity index (χ2v) is 12.7. The maximum absolute atomic E-state index is 14.6. The molecule has 2 fully saturated rings. The van der Waals surface area contributed by atoms with E-state index in [4.69, 9.17) is 9.47 Å². The van der Waals surface area contributed by atoms with Crippen LogP contribution >= 0.6 is 0 Å². The zero-order chi connectivity index (χ0) is 29.1. The fraction of sp³-hybridized carbons (Fsp3) is 0.710. The van der Waals surface area contributed by atoms with Gasteiger partial charge in [0.2, 0.25) is 0 Å². The summed E-state index contributed by atoms with van der Waals surface area (Å²) in [5, 5.41) is 35.1. The highest BCUT2D eigenvalue weighted by Crippen LogP contribution is 2.75. The van der Waals surface area contributed by atoms with E-state index >= 15 is 0 Å². The lowest BCUT2D eigenvalue weighted by atomic mass is 9.59. The number of fused-ring (bicyclic) bond motifs is 3. The van der Waals surface area contributed by atoms with Crippen LogP contribution in [0.25, 0.3) is 0 Å². The number of hydrogen-bond acceptors (Lipinski definition) is 8. The molecule has 0 aliphatic heterocycles. The van der Waals surface area contributed by atoms with Crippen molar-refractivity contribution in [1.82, 2.24) is 0 Å². The van der Waals surface area contributed by atoms with Gasteiger partial charge in [-0.1, -0.05) is 58.8 Å². The first-order chi connectivity index (χ1) is 18.2. The number of ketones is 1. The van der Waals surface area contributed by atoms with Crippen molar-refractivity contribution in [3.8, 4) is 0 Å².